The summed E-state index contributed by atoms with van der Waals surface area (Å²) in [6.45, 7) is 1.71. The number of hydrogen-bond donors (Lipinski definition) is 2. The maximum Gasteiger partial charge on any atom is 0.325 e. The van der Waals surface area contributed by atoms with Crippen LogP contribution in [0.4, 0.5) is 17.3 Å². The van der Waals surface area contributed by atoms with E-state index in [2.05, 4.69) is 15.0 Å². The summed E-state index contributed by atoms with van der Waals surface area (Å²) < 4.78 is 4.66. The predicted molar refractivity (Wildman–Crippen MR) is 60.4 cm³/mol. The van der Waals surface area contributed by atoms with Crippen LogP contribution < -0.4 is 11.1 Å². The molecule has 0 radical (unpaired) electrons. The summed E-state index contributed by atoms with van der Waals surface area (Å²) in [5, 5.41) is 13.2. The zero-order chi connectivity index (χ0) is 12.8. The van der Waals surface area contributed by atoms with E-state index in [1.54, 1.807) is 6.92 Å². The molecule has 0 amide bonds. The first-order chi connectivity index (χ1) is 8.04. The molecule has 0 aromatic carbocycles. The summed E-state index contributed by atoms with van der Waals surface area (Å²) in [6.07, 6.45) is 0. The second-order valence-electron chi connectivity index (χ2n) is 3.02. The SMILES string of the molecule is CCOC(=O)CNc1nc(N)ccc1[N+](=O)[O-]. The highest BCUT2D eigenvalue weighted by atomic mass is 16.6. The minimum Gasteiger partial charge on any atom is -0.465 e. The molecule has 0 aliphatic rings. The van der Waals surface area contributed by atoms with Gasteiger partial charge in [0.25, 0.3) is 0 Å². The third kappa shape index (κ3) is 3.59. The highest BCUT2D eigenvalue weighted by Gasteiger charge is 2.16. The van der Waals surface area contributed by atoms with E-state index >= 15 is 0 Å². The molecule has 0 spiro atoms. The molecule has 17 heavy (non-hydrogen) atoms. The van der Waals surface area contributed by atoms with Crippen molar-refractivity contribution < 1.29 is 14.5 Å². The zero-order valence-electron chi connectivity index (χ0n) is 9.17. The van der Waals surface area contributed by atoms with Crippen LogP contribution in [0.3, 0.4) is 0 Å². The topological polar surface area (TPSA) is 120 Å². The third-order valence-corrected chi connectivity index (χ3v) is 1.80. The Kier molecular flexibility index (Phi) is 4.21. The number of nitro groups is 1. The predicted octanol–water partition coefficient (Wildman–Crippen LogP) is 0.547. The van der Waals surface area contributed by atoms with Gasteiger partial charge in [-0.2, -0.15) is 0 Å². The van der Waals surface area contributed by atoms with Crippen LogP contribution in [0.2, 0.25) is 0 Å². The third-order valence-electron chi connectivity index (χ3n) is 1.80. The monoisotopic (exact) mass is 240 g/mol. The van der Waals surface area contributed by atoms with Gasteiger partial charge in [-0.25, -0.2) is 4.98 Å². The molecule has 1 aromatic heterocycles. The van der Waals surface area contributed by atoms with Gasteiger partial charge in [0.2, 0.25) is 5.82 Å². The van der Waals surface area contributed by atoms with E-state index in [0.717, 1.165) is 0 Å². The molecule has 0 aliphatic carbocycles. The van der Waals surface area contributed by atoms with Gasteiger partial charge in [0.15, 0.2) is 0 Å². The van der Waals surface area contributed by atoms with Crippen molar-refractivity contribution >= 4 is 23.3 Å². The Balaban J connectivity index is 2.78. The molecule has 1 heterocycles. The fraction of sp³-hybridized carbons (Fsp3) is 0.333. The number of rotatable bonds is 5. The summed E-state index contributed by atoms with van der Waals surface area (Å²) in [5.41, 5.74) is 5.16. The molecule has 8 nitrogen and oxygen atoms in total. The summed E-state index contributed by atoms with van der Waals surface area (Å²) in [6, 6.07) is 2.53. The van der Waals surface area contributed by atoms with Gasteiger partial charge in [-0.15, -0.1) is 0 Å². The summed E-state index contributed by atoms with van der Waals surface area (Å²) in [7, 11) is 0. The molecular weight excluding hydrogens is 228 g/mol. The lowest BCUT2D eigenvalue weighted by Gasteiger charge is -2.06. The van der Waals surface area contributed by atoms with Crippen molar-refractivity contribution in [2.24, 2.45) is 0 Å². The van der Waals surface area contributed by atoms with Gasteiger partial charge in [-0.1, -0.05) is 0 Å². The lowest BCUT2D eigenvalue weighted by molar-refractivity contribution is -0.384. The second kappa shape index (κ2) is 5.64. The minimum absolute atomic E-state index is 0.0527. The molecule has 8 heteroatoms. The first-order valence-electron chi connectivity index (χ1n) is 4.85. The van der Waals surface area contributed by atoms with E-state index in [-0.39, 0.29) is 30.5 Å². The van der Waals surface area contributed by atoms with E-state index in [0.29, 0.717) is 0 Å². The lowest BCUT2D eigenvalue weighted by atomic mass is 10.3. The number of nitrogens with two attached hydrogens (primary N) is 1. The second-order valence-corrected chi connectivity index (χ2v) is 3.02. The Bertz CT molecular complexity index is 435. The molecule has 3 N–H and O–H groups in total. The summed E-state index contributed by atoms with van der Waals surface area (Å²) in [4.78, 5) is 24.9. The van der Waals surface area contributed by atoms with Crippen LogP contribution in [0.1, 0.15) is 6.92 Å². The fourth-order valence-corrected chi connectivity index (χ4v) is 1.11. The first kappa shape index (κ1) is 12.7. The number of carbonyl (C=O) groups excluding carboxylic acids is 1. The van der Waals surface area contributed by atoms with Crippen molar-refractivity contribution in [3.63, 3.8) is 0 Å². The number of esters is 1. The molecule has 0 atom stereocenters. The molecular formula is C9H12N4O4. The average molecular weight is 240 g/mol. The number of nitrogen functional groups attached to an aromatic ring is 1. The molecule has 0 saturated carbocycles. The van der Waals surface area contributed by atoms with Crippen LogP contribution in [0.5, 0.6) is 0 Å². The van der Waals surface area contributed by atoms with Crippen LogP contribution in [0.25, 0.3) is 0 Å². The van der Waals surface area contributed by atoms with E-state index in [1.165, 1.54) is 12.1 Å². The van der Waals surface area contributed by atoms with E-state index in [1.807, 2.05) is 0 Å². The first-order valence-corrected chi connectivity index (χ1v) is 4.85. The van der Waals surface area contributed by atoms with Gasteiger partial charge >= 0.3 is 11.7 Å². The molecule has 1 aromatic rings. The number of nitrogens with one attached hydrogen (secondary N) is 1. The highest BCUT2D eigenvalue weighted by Crippen LogP contribution is 2.22. The van der Waals surface area contributed by atoms with Crippen LogP contribution in [-0.2, 0) is 9.53 Å². The van der Waals surface area contributed by atoms with E-state index < -0.39 is 10.9 Å². The van der Waals surface area contributed by atoms with Crippen LogP contribution in [0.15, 0.2) is 12.1 Å². The van der Waals surface area contributed by atoms with Crippen molar-refractivity contribution in [2.75, 3.05) is 24.2 Å². The van der Waals surface area contributed by atoms with Gasteiger partial charge in [-0.05, 0) is 13.0 Å². The average Bonchev–Trinajstić information content (AvgIpc) is 2.26. The van der Waals surface area contributed by atoms with Crippen molar-refractivity contribution in [3.8, 4) is 0 Å². The van der Waals surface area contributed by atoms with Gasteiger partial charge < -0.3 is 15.8 Å². The molecule has 1 rings (SSSR count). The molecule has 92 valence electrons. The van der Waals surface area contributed by atoms with E-state index in [4.69, 9.17) is 5.73 Å². The van der Waals surface area contributed by atoms with E-state index in [9.17, 15) is 14.9 Å². The minimum atomic E-state index is -0.611. The Morgan fingerprint density at radius 1 is 1.65 bits per heavy atom. The van der Waals surface area contributed by atoms with Gasteiger partial charge in [-0.3, -0.25) is 14.9 Å². The summed E-state index contributed by atoms with van der Waals surface area (Å²) >= 11 is 0. The number of pyridine rings is 1. The fourth-order valence-electron chi connectivity index (χ4n) is 1.11. The quantitative estimate of drug-likeness (QED) is 0.438. The molecule has 0 saturated heterocycles. The number of aromatic nitrogens is 1. The van der Waals surface area contributed by atoms with Gasteiger partial charge in [0.05, 0.1) is 11.5 Å². The van der Waals surface area contributed by atoms with Crippen LogP contribution in [-0.4, -0.2) is 29.0 Å². The number of nitrogens with zero attached hydrogens (tertiary/aromatic N) is 2. The maximum absolute atomic E-state index is 11.1. The standard InChI is InChI=1S/C9H12N4O4/c1-2-17-8(14)5-11-9-6(13(15)16)3-4-7(10)12-9/h3-4H,2,5H2,1H3,(H3,10,11,12). The Hall–Kier alpha value is -2.38. The molecule has 0 aliphatic heterocycles. The summed E-state index contributed by atoms with van der Waals surface area (Å²) in [5.74, 6) is -0.448. The van der Waals surface area contributed by atoms with Crippen molar-refractivity contribution in [1.82, 2.24) is 4.98 Å². The molecule has 0 fully saturated rings. The smallest absolute Gasteiger partial charge is 0.325 e. The Morgan fingerprint density at radius 3 is 2.94 bits per heavy atom. The number of ether oxygens (including phenoxy) is 1. The largest absolute Gasteiger partial charge is 0.465 e. The van der Waals surface area contributed by atoms with Gasteiger partial charge in [0.1, 0.15) is 12.4 Å². The van der Waals surface area contributed by atoms with Crippen molar-refractivity contribution in [2.45, 2.75) is 6.92 Å². The van der Waals surface area contributed by atoms with Crippen LogP contribution >= 0.6 is 0 Å². The lowest BCUT2D eigenvalue weighted by Crippen LogP contribution is -2.18. The number of carbonyl (C=O) groups is 1. The van der Waals surface area contributed by atoms with Crippen molar-refractivity contribution in [1.29, 1.82) is 0 Å². The maximum atomic E-state index is 11.1. The molecule has 0 unspecified atom stereocenters. The van der Waals surface area contributed by atoms with Crippen LogP contribution in [0, 0.1) is 10.1 Å². The zero-order valence-corrected chi connectivity index (χ0v) is 9.17. The number of anilines is 2. The Morgan fingerprint density at radius 2 is 2.35 bits per heavy atom. The van der Waals surface area contributed by atoms with Crippen molar-refractivity contribution in [3.05, 3.63) is 22.2 Å². The molecule has 0 bridgehead atoms. The highest BCUT2D eigenvalue weighted by molar-refractivity contribution is 5.76. The Labute approximate surface area is 96.9 Å². The normalized spacial score (nSPS) is 9.71. The van der Waals surface area contributed by atoms with Gasteiger partial charge in [0, 0.05) is 6.07 Å². The number of hydrogen-bond acceptors (Lipinski definition) is 7.